The fourth-order valence-electron chi connectivity index (χ4n) is 2.35. The average Bonchev–Trinajstić information content (AvgIpc) is 3.08. The molecule has 0 spiro atoms. The highest BCUT2D eigenvalue weighted by Gasteiger charge is 2.19. The number of rotatable bonds is 7. The maximum Gasteiger partial charge on any atom is 0.360 e. The lowest BCUT2D eigenvalue weighted by molar-refractivity contribution is 0.0594. The molecule has 1 N–H and O–H groups in total. The van der Waals surface area contributed by atoms with E-state index < -0.39 is 5.97 Å². The smallest absolute Gasteiger partial charge is 0.360 e. The van der Waals surface area contributed by atoms with Gasteiger partial charge in [-0.3, -0.25) is 0 Å². The number of hydrogen-bond donors (Lipinski definition) is 1. The van der Waals surface area contributed by atoms with Crippen molar-refractivity contribution in [2.45, 2.75) is 20.4 Å². The van der Waals surface area contributed by atoms with Crippen LogP contribution in [0.1, 0.15) is 27.5 Å². The number of urea groups is 1. The Kier molecular flexibility index (Phi) is 6.74. The van der Waals surface area contributed by atoms with Crippen LogP contribution >= 0.6 is 0 Å². The second kappa shape index (κ2) is 9.00. The Bertz CT molecular complexity index is 772. The Hall–Kier alpha value is -2.87. The van der Waals surface area contributed by atoms with Crippen LogP contribution in [0, 0.1) is 13.8 Å². The van der Waals surface area contributed by atoms with Crippen molar-refractivity contribution in [1.29, 1.82) is 0 Å². The van der Waals surface area contributed by atoms with Gasteiger partial charge in [-0.15, -0.1) is 0 Å². The number of oxazole rings is 1. The molecule has 140 valence electrons. The first-order chi connectivity index (χ1) is 12.4. The molecule has 0 radical (unpaired) electrons. The molecule has 0 saturated carbocycles. The van der Waals surface area contributed by atoms with Crippen molar-refractivity contribution in [3.8, 4) is 0 Å². The molecule has 0 aliphatic rings. The van der Waals surface area contributed by atoms with Crippen LogP contribution < -0.4 is 5.32 Å². The molecule has 0 bridgehead atoms. The van der Waals surface area contributed by atoms with Crippen LogP contribution in [0.3, 0.4) is 0 Å². The van der Waals surface area contributed by atoms with Gasteiger partial charge in [0.1, 0.15) is 6.26 Å². The first-order valence-corrected chi connectivity index (χ1v) is 8.09. The summed E-state index contributed by atoms with van der Waals surface area (Å²) in [6.45, 7) is 4.70. The zero-order chi connectivity index (χ0) is 19.1. The Balaban J connectivity index is 2.11. The third kappa shape index (κ3) is 5.06. The maximum absolute atomic E-state index is 12.7. The molecule has 0 unspecified atom stereocenters. The van der Waals surface area contributed by atoms with Gasteiger partial charge in [0.25, 0.3) is 0 Å². The molecule has 2 amide bonds. The van der Waals surface area contributed by atoms with E-state index in [1.807, 2.05) is 32.0 Å². The summed E-state index contributed by atoms with van der Waals surface area (Å²) in [5, 5.41) is 2.88. The number of carbonyl (C=O) groups excluding carboxylic acids is 2. The molecular weight excluding hydrogens is 338 g/mol. The molecule has 0 saturated heterocycles. The van der Waals surface area contributed by atoms with Gasteiger partial charge in [-0.1, -0.05) is 17.7 Å². The van der Waals surface area contributed by atoms with Crippen molar-refractivity contribution < 1.29 is 23.5 Å². The molecule has 0 aliphatic carbocycles. The van der Waals surface area contributed by atoms with Gasteiger partial charge < -0.3 is 24.1 Å². The minimum atomic E-state index is -0.594. The van der Waals surface area contributed by atoms with Crippen LogP contribution in [-0.2, 0) is 16.0 Å². The lowest BCUT2D eigenvalue weighted by Gasteiger charge is -2.22. The standard InChI is InChI=1S/C18H23N3O5/c1-12-5-6-14(13(2)9-12)20-18(23)21(7-8-24-3)10-16-19-15(11-26-16)17(22)25-4/h5-6,9,11H,7-8,10H2,1-4H3,(H,20,23). The third-order valence-electron chi connectivity index (χ3n) is 3.75. The van der Waals surface area contributed by atoms with Gasteiger partial charge in [0.15, 0.2) is 5.69 Å². The molecule has 8 nitrogen and oxygen atoms in total. The predicted molar refractivity (Wildman–Crippen MR) is 95.1 cm³/mol. The van der Waals surface area contributed by atoms with E-state index in [2.05, 4.69) is 15.0 Å². The van der Waals surface area contributed by atoms with Crippen LogP contribution in [0.15, 0.2) is 28.9 Å². The van der Waals surface area contributed by atoms with Gasteiger partial charge in [0, 0.05) is 19.3 Å². The number of nitrogens with zero attached hydrogens (tertiary/aromatic N) is 2. The number of ether oxygens (including phenoxy) is 2. The number of amides is 2. The molecule has 0 fully saturated rings. The summed E-state index contributed by atoms with van der Waals surface area (Å²) < 4.78 is 14.9. The highest BCUT2D eigenvalue weighted by atomic mass is 16.5. The van der Waals surface area contributed by atoms with Crippen molar-refractivity contribution in [2.24, 2.45) is 0 Å². The van der Waals surface area contributed by atoms with Gasteiger partial charge in [-0.05, 0) is 25.5 Å². The fraction of sp³-hybridized carbons (Fsp3) is 0.389. The summed E-state index contributed by atoms with van der Waals surface area (Å²) in [5.74, 6) is -0.361. The molecule has 8 heteroatoms. The first-order valence-electron chi connectivity index (χ1n) is 8.09. The molecule has 1 aromatic heterocycles. The lowest BCUT2D eigenvalue weighted by Crippen LogP contribution is -2.37. The second-order valence-electron chi connectivity index (χ2n) is 5.78. The normalized spacial score (nSPS) is 10.5. The highest BCUT2D eigenvalue weighted by molar-refractivity contribution is 5.90. The zero-order valence-electron chi connectivity index (χ0n) is 15.4. The number of methoxy groups -OCH3 is 2. The number of aromatic nitrogens is 1. The number of hydrogen-bond acceptors (Lipinski definition) is 6. The molecule has 1 heterocycles. The van der Waals surface area contributed by atoms with E-state index in [0.29, 0.717) is 13.2 Å². The van der Waals surface area contributed by atoms with Crippen LogP contribution in [0.5, 0.6) is 0 Å². The minimum Gasteiger partial charge on any atom is -0.464 e. The number of carbonyl (C=O) groups is 2. The Morgan fingerprint density at radius 2 is 2.04 bits per heavy atom. The fourth-order valence-corrected chi connectivity index (χ4v) is 2.35. The first kappa shape index (κ1) is 19.5. The Morgan fingerprint density at radius 3 is 2.69 bits per heavy atom. The summed E-state index contributed by atoms with van der Waals surface area (Å²) in [5.41, 5.74) is 2.87. The Labute approximate surface area is 152 Å². The van der Waals surface area contributed by atoms with E-state index in [9.17, 15) is 9.59 Å². The molecule has 2 aromatic rings. The van der Waals surface area contributed by atoms with Crippen LogP contribution in [-0.4, -0.2) is 49.3 Å². The van der Waals surface area contributed by atoms with E-state index in [-0.39, 0.29) is 24.2 Å². The number of anilines is 1. The molecule has 0 atom stereocenters. The van der Waals surface area contributed by atoms with Gasteiger partial charge in [0.2, 0.25) is 5.89 Å². The average molecular weight is 361 g/mol. The van der Waals surface area contributed by atoms with Crippen molar-refractivity contribution >= 4 is 17.7 Å². The SMILES string of the molecule is COCCN(Cc1nc(C(=O)OC)co1)C(=O)Nc1ccc(C)cc1C. The largest absolute Gasteiger partial charge is 0.464 e. The summed E-state index contributed by atoms with van der Waals surface area (Å²) in [7, 11) is 2.82. The van der Waals surface area contributed by atoms with Crippen molar-refractivity contribution in [3.05, 3.63) is 47.2 Å². The quantitative estimate of drug-likeness (QED) is 0.762. The monoisotopic (exact) mass is 361 g/mol. The highest BCUT2D eigenvalue weighted by Crippen LogP contribution is 2.17. The Morgan fingerprint density at radius 1 is 1.27 bits per heavy atom. The van der Waals surface area contributed by atoms with Gasteiger partial charge in [-0.25, -0.2) is 14.6 Å². The van der Waals surface area contributed by atoms with Crippen LogP contribution in [0.2, 0.25) is 0 Å². The van der Waals surface area contributed by atoms with Crippen LogP contribution in [0.4, 0.5) is 10.5 Å². The topological polar surface area (TPSA) is 93.9 Å². The number of nitrogens with one attached hydrogen (secondary N) is 1. The molecule has 2 rings (SSSR count). The zero-order valence-corrected chi connectivity index (χ0v) is 15.4. The molecular formula is C18H23N3O5. The van der Waals surface area contributed by atoms with Gasteiger partial charge in [0.05, 0.1) is 20.3 Å². The molecule has 1 aromatic carbocycles. The van der Waals surface area contributed by atoms with Crippen LogP contribution in [0.25, 0.3) is 0 Å². The van der Waals surface area contributed by atoms with Gasteiger partial charge in [-0.2, -0.15) is 0 Å². The van der Waals surface area contributed by atoms with E-state index >= 15 is 0 Å². The number of aryl methyl sites for hydroxylation is 2. The summed E-state index contributed by atoms with van der Waals surface area (Å²) in [4.78, 5) is 29.7. The van der Waals surface area contributed by atoms with E-state index in [0.717, 1.165) is 16.8 Å². The maximum atomic E-state index is 12.7. The number of esters is 1. The van der Waals surface area contributed by atoms with Crippen molar-refractivity contribution in [2.75, 3.05) is 32.7 Å². The molecule has 0 aliphatic heterocycles. The molecule has 26 heavy (non-hydrogen) atoms. The second-order valence-corrected chi connectivity index (χ2v) is 5.78. The van der Waals surface area contributed by atoms with Crippen molar-refractivity contribution in [3.63, 3.8) is 0 Å². The summed E-state index contributed by atoms with van der Waals surface area (Å²) in [6, 6.07) is 5.47. The third-order valence-corrected chi connectivity index (χ3v) is 3.75. The summed E-state index contributed by atoms with van der Waals surface area (Å²) in [6.07, 6.45) is 1.21. The van der Waals surface area contributed by atoms with E-state index in [1.165, 1.54) is 18.3 Å². The number of benzene rings is 1. The summed E-state index contributed by atoms with van der Waals surface area (Å²) >= 11 is 0. The van der Waals surface area contributed by atoms with E-state index in [1.54, 1.807) is 7.11 Å². The van der Waals surface area contributed by atoms with E-state index in [4.69, 9.17) is 9.15 Å². The van der Waals surface area contributed by atoms with Crippen molar-refractivity contribution in [1.82, 2.24) is 9.88 Å². The predicted octanol–water partition coefficient (Wildman–Crippen LogP) is 2.76. The minimum absolute atomic E-state index is 0.0592. The van der Waals surface area contributed by atoms with Gasteiger partial charge >= 0.3 is 12.0 Å². The lowest BCUT2D eigenvalue weighted by atomic mass is 10.1.